The van der Waals surface area contributed by atoms with Gasteiger partial charge in [0.15, 0.2) is 5.69 Å². The fourth-order valence-electron chi connectivity index (χ4n) is 3.13. The number of nitrogens with one attached hydrogen (secondary N) is 1. The van der Waals surface area contributed by atoms with Crippen LogP contribution in [-0.4, -0.2) is 20.6 Å². The Kier molecular flexibility index (Phi) is 5.83. The third kappa shape index (κ3) is 4.56. The first kappa shape index (κ1) is 22.1. The van der Waals surface area contributed by atoms with Gasteiger partial charge < -0.3 is 9.30 Å². The lowest BCUT2D eigenvalue weighted by molar-refractivity contribution is -0.140. The van der Waals surface area contributed by atoms with Gasteiger partial charge in [-0.2, -0.15) is 13.2 Å². The van der Waals surface area contributed by atoms with Gasteiger partial charge in [0.1, 0.15) is 16.6 Å². The average molecular weight is 481 g/mol. The van der Waals surface area contributed by atoms with E-state index in [4.69, 9.17) is 16.3 Å². The Bertz CT molecular complexity index is 1320. The minimum absolute atomic E-state index is 0.113. The number of anilines is 1. The number of hydrogen-bond donors (Lipinski definition) is 1. The molecule has 0 saturated heterocycles. The Morgan fingerprint density at radius 3 is 2.75 bits per heavy atom. The molecule has 11 heteroatoms. The number of carbonyl (C=O) groups is 1. The summed E-state index contributed by atoms with van der Waals surface area (Å²) in [5.41, 5.74) is 2.26. The van der Waals surface area contributed by atoms with Crippen LogP contribution in [0, 0.1) is 6.92 Å². The van der Waals surface area contributed by atoms with Crippen molar-refractivity contribution in [3.8, 4) is 10.6 Å². The molecule has 0 unspecified atom stereocenters. The molecule has 4 rings (SSSR count). The molecular formula is C21H16ClF3N4O2S. The van der Waals surface area contributed by atoms with Crippen molar-refractivity contribution in [1.29, 1.82) is 0 Å². The first-order valence-electron chi connectivity index (χ1n) is 9.30. The van der Waals surface area contributed by atoms with Crippen LogP contribution in [0.2, 0.25) is 5.02 Å². The van der Waals surface area contributed by atoms with E-state index >= 15 is 0 Å². The minimum Gasteiger partial charge on any atom is -0.444 e. The third-order valence-corrected chi connectivity index (χ3v) is 5.93. The van der Waals surface area contributed by atoms with Gasteiger partial charge in [0.05, 0.1) is 17.4 Å². The molecule has 0 aliphatic heterocycles. The summed E-state index contributed by atoms with van der Waals surface area (Å²) in [5, 5.41) is 2.32. The zero-order chi connectivity index (χ0) is 23.0. The standard InChI is InChI=1S/C21H16ClF3N4O2S/c1-11-7-13(22)4-5-14(11)18-27-17(21(23,24)25)19(32-18)28-20(30)31-9-12-3-6-16-15(8-12)26-10-29(16)2/h3-8,10H,9H2,1-2H3,(H,28,30). The zero-order valence-electron chi connectivity index (χ0n) is 16.8. The van der Waals surface area contributed by atoms with Crippen molar-refractivity contribution in [2.24, 2.45) is 7.05 Å². The smallest absolute Gasteiger partial charge is 0.436 e. The lowest BCUT2D eigenvalue weighted by atomic mass is 10.1. The lowest BCUT2D eigenvalue weighted by Crippen LogP contribution is -2.16. The van der Waals surface area contributed by atoms with Crippen molar-refractivity contribution in [3.63, 3.8) is 0 Å². The van der Waals surface area contributed by atoms with Gasteiger partial charge in [-0.3, -0.25) is 5.32 Å². The molecule has 0 fully saturated rings. The van der Waals surface area contributed by atoms with Gasteiger partial charge in [-0.15, -0.1) is 0 Å². The number of aromatic nitrogens is 3. The predicted molar refractivity (Wildman–Crippen MR) is 117 cm³/mol. The average Bonchev–Trinajstić information content (AvgIpc) is 3.30. The Hall–Kier alpha value is -3.11. The SMILES string of the molecule is Cc1cc(Cl)ccc1-c1nc(C(F)(F)F)c(NC(=O)OCc2ccc3c(c2)ncn3C)s1. The minimum atomic E-state index is -4.75. The number of halogens is 4. The van der Waals surface area contributed by atoms with Gasteiger partial charge in [0, 0.05) is 17.6 Å². The van der Waals surface area contributed by atoms with Crippen molar-refractivity contribution in [3.05, 3.63) is 64.6 Å². The number of ether oxygens (including phenoxy) is 1. The molecule has 1 amide bonds. The number of alkyl halides is 3. The maximum absolute atomic E-state index is 13.5. The van der Waals surface area contributed by atoms with Gasteiger partial charge >= 0.3 is 12.3 Å². The summed E-state index contributed by atoms with van der Waals surface area (Å²) in [6.45, 7) is 1.59. The summed E-state index contributed by atoms with van der Waals surface area (Å²) in [4.78, 5) is 20.2. The van der Waals surface area contributed by atoms with Crippen LogP contribution >= 0.6 is 22.9 Å². The summed E-state index contributed by atoms with van der Waals surface area (Å²) in [7, 11) is 1.85. The number of nitrogens with zero attached hydrogens (tertiary/aromatic N) is 3. The number of amides is 1. The first-order chi connectivity index (χ1) is 15.1. The molecular weight excluding hydrogens is 465 g/mol. The maximum Gasteiger partial charge on any atom is 0.436 e. The topological polar surface area (TPSA) is 69.0 Å². The van der Waals surface area contributed by atoms with Gasteiger partial charge in [-0.1, -0.05) is 35.1 Å². The van der Waals surface area contributed by atoms with E-state index in [2.05, 4.69) is 15.3 Å². The van der Waals surface area contributed by atoms with Gasteiger partial charge in [-0.25, -0.2) is 14.8 Å². The van der Waals surface area contributed by atoms with Gasteiger partial charge in [0.2, 0.25) is 0 Å². The molecule has 4 aromatic rings. The van der Waals surface area contributed by atoms with E-state index in [1.807, 2.05) is 17.7 Å². The number of hydrogen-bond acceptors (Lipinski definition) is 5. The van der Waals surface area contributed by atoms with E-state index in [1.165, 1.54) is 0 Å². The summed E-state index contributed by atoms with van der Waals surface area (Å²) < 4.78 is 47.5. The zero-order valence-corrected chi connectivity index (χ0v) is 18.4. The fourth-order valence-corrected chi connectivity index (χ4v) is 4.42. The Morgan fingerprint density at radius 1 is 1.25 bits per heavy atom. The fraction of sp³-hybridized carbons (Fsp3) is 0.190. The van der Waals surface area contributed by atoms with E-state index in [0.29, 0.717) is 33.0 Å². The Balaban J connectivity index is 1.52. The Morgan fingerprint density at radius 2 is 2.03 bits per heavy atom. The van der Waals surface area contributed by atoms with Crippen molar-refractivity contribution in [2.45, 2.75) is 19.7 Å². The number of benzene rings is 2. The van der Waals surface area contributed by atoms with E-state index < -0.39 is 23.0 Å². The van der Waals surface area contributed by atoms with Crippen molar-refractivity contribution in [2.75, 3.05) is 5.32 Å². The molecule has 32 heavy (non-hydrogen) atoms. The highest BCUT2D eigenvalue weighted by Gasteiger charge is 2.38. The molecule has 2 aromatic heterocycles. The monoisotopic (exact) mass is 480 g/mol. The van der Waals surface area contributed by atoms with E-state index in [1.54, 1.807) is 43.6 Å². The summed E-state index contributed by atoms with van der Waals surface area (Å²) in [6, 6.07) is 10.1. The van der Waals surface area contributed by atoms with Gasteiger partial charge in [-0.05, 0) is 42.3 Å². The number of rotatable bonds is 4. The summed E-state index contributed by atoms with van der Waals surface area (Å²) in [5.74, 6) is 0. The third-order valence-electron chi connectivity index (χ3n) is 4.69. The van der Waals surface area contributed by atoms with Crippen LogP contribution in [0.4, 0.5) is 23.0 Å². The van der Waals surface area contributed by atoms with Crippen molar-refractivity contribution >= 4 is 45.1 Å². The van der Waals surface area contributed by atoms with Crippen molar-refractivity contribution in [1.82, 2.24) is 14.5 Å². The number of fused-ring (bicyclic) bond motifs is 1. The normalized spacial score (nSPS) is 11.7. The summed E-state index contributed by atoms with van der Waals surface area (Å²) in [6.07, 6.45) is -4.11. The van der Waals surface area contributed by atoms with Crippen LogP contribution < -0.4 is 5.32 Å². The van der Waals surface area contributed by atoms with Crippen LogP contribution in [0.3, 0.4) is 0 Å². The molecule has 0 bridgehead atoms. The molecule has 0 spiro atoms. The summed E-state index contributed by atoms with van der Waals surface area (Å²) >= 11 is 6.64. The molecule has 0 aliphatic carbocycles. The van der Waals surface area contributed by atoms with Crippen LogP contribution in [-0.2, 0) is 24.6 Å². The van der Waals surface area contributed by atoms with Crippen LogP contribution in [0.25, 0.3) is 21.6 Å². The van der Waals surface area contributed by atoms with E-state index in [0.717, 1.165) is 11.0 Å². The quantitative estimate of drug-likeness (QED) is 0.365. The molecule has 166 valence electrons. The second-order valence-electron chi connectivity index (χ2n) is 7.03. The van der Waals surface area contributed by atoms with Gasteiger partial charge in [0.25, 0.3) is 0 Å². The van der Waals surface area contributed by atoms with Crippen LogP contribution in [0.15, 0.2) is 42.7 Å². The number of aryl methyl sites for hydroxylation is 2. The molecule has 1 N–H and O–H groups in total. The number of imidazole rings is 1. The second-order valence-corrected chi connectivity index (χ2v) is 8.47. The maximum atomic E-state index is 13.5. The highest BCUT2D eigenvalue weighted by atomic mass is 35.5. The molecule has 0 radical (unpaired) electrons. The molecule has 2 heterocycles. The number of thiazole rings is 1. The predicted octanol–water partition coefficient (Wildman–Crippen LogP) is 6.43. The largest absolute Gasteiger partial charge is 0.444 e. The van der Waals surface area contributed by atoms with E-state index in [9.17, 15) is 18.0 Å². The molecule has 0 saturated carbocycles. The molecule has 6 nitrogen and oxygen atoms in total. The first-order valence-corrected chi connectivity index (χ1v) is 10.5. The van der Waals surface area contributed by atoms with Crippen LogP contribution in [0.5, 0.6) is 0 Å². The molecule has 2 aromatic carbocycles. The van der Waals surface area contributed by atoms with Crippen molar-refractivity contribution < 1.29 is 22.7 Å². The highest BCUT2D eigenvalue weighted by Crippen LogP contribution is 2.42. The van der Waals surface area contributed by atoms with Crippen LogP contribution in [0.1, 0.15) is 16.8 Å². The Labute approximate surface area is 189 Å². The van der Waals surface area contributed by atoms with E-state index in [-0.39, 0.29) is 11.6 Å². The lowest BCUT2D eigenvalue weighted by Gasteiger charge is -2.08. The highest BCUT2D eigenvalue weighted by molar-refractivity contribution is 7.19. The molecule has 0 aliphatic rings. The second kappa shape index (κ2) is 8.44. The molecule has 0 atom stereocenters. The number of carbonyl (C=O) groups excluding carboxylic acids is 1.